The van der Waals surface area contributed by atoms with Crippen LogP contribution in [0, 0.1) is 11.8 Å². The van der Waals surface area contributed by atoms with Gasteiger partial charge in [-0.3, -0.25) is 4.79 Å². The third kappa shape index (κ3) is 4.78. The van der Waals surface area contributed by atoms with Crippen molar-refractivity contribution >= 4 is 11.9 Å². The largest absolute Gasteiger partial charge is 0.462 e. The van der Waals surface area contributed by atoms with E-state index in [-0.39, 0.29) is 30.3 Å². The third-order valence-corrected chi connectivity index (χ3v) is 5.52. The summed E-state index contributed by atoms with van der Waals surface area (Å²) in [5.74, 6) is -1.07. The molecule has 1 aliphatic carbocycles. The van der Waals surface area contributed by atoms with Crippen LogP contribution in [0.15, 0.2) is 42.5 Å². The van der Waals surface area contributed by atoms with Gasteiger partial charge < -0.3 is 14.6 Å². The molecule has 3 rings (SSSR count). The quantitative estimate of drug-likeness (QED) is 0.428. The molecule has 1 saturated carbocycles. The molecule has 146 valence electrons. The highest BCUT2D eigenvalue weighted by Crippen LogP contribution is 2.44. The number of unbranched alkanes of at least 4 members (excludes halogenated alkanes) is 3. The molecule has 0 radical (unpaired) electrons. The van der Waals surface area contributed by atoms with Crippen molar-refractivity contribution in [1.29, 1.82) is 0 Å². The first kappa shape index (κ1) is 19.6. The lowest BCUT2D eigenvalue weighted by Crippen LogP contribution is -2.34. The summed E-state index contributed by atoms with van der Waals surface area (Å²) in [6, 6.07) is 8.82. The molecule has 0 spiro atoms. The number of hydrogen-bond acceptors (Lipinski definition) is 5. The van der Waals surface area contributed by atoms with Crippen LogP contribution in [0.3, 0.4) is 0 Å². The summed E-state index contributed by atoms with van der Waals surface area (Å²) in [6.45, 7) is 2.15. The van der Waals surface area contributed by atoms with Gasteiger partial charge in [-0.2, -0.15) is 0 Å². The summed E-state index contributed by atoms with van der Waals surface area (Å²) >= 11 is 0. The number of carbonyl (C=O) groups excluding carboxylic acids is 2. The molecule has 0 bridgehead atoms. The molecule has 1 N–H and O–H groups in total. The molecule has 0 aromatic heterocycles. The lowest BCUT2D eigenvalue weighted by atomic mass is 9.87. The average molecular weight is 372 g/mol. The molecule has 5 heteroatoms. The SMILES string of the molecule is CCCCC/C=C\[C@H](O)[C@@H]1[C@H]2CC(=O)O[C@H]2C[C@H]1OC(=O)c1ccccc1. The van der Waals surface area contributed by atoms with E-state index in [1.165, 1.54) is 0 Å². The zero-order chi connectivity index (χ0) is 19.2. The Bertz CT molecular complexity index is 669. The first-order chi connectivity index (χ1) is 13.1. The highest BCUT2D eigenvalue weighted by Gasteiger charge is 2.53. The number of ether oxygens (including phenoxy) is 2. The second-order valence-electron chi connectivity index (χ2n) is 7.43. The van der Waals surface area contributed by atoms with Crippen LogP contribution in [-0.2, 0) is 14.3 Å². The van der Waals surface area contributed by atoms with Crippen LogP contribution in [-0.4, -0.2) is 35.4 Å². The second kappa shape index (κ2) is 9.18. The Morgan fingerprint density at radius 1 is 1.33 bits per heavy atom. The van der Waals surface area contributed by atoms with Crippen LogP contribution in [0.2, 0.25) is 0 Å². The average Bonchev–Trinajstić information content (AvgIpc) is 3.17. The Hall–Kier alpha value is -2.14. The third-order valence-electron chi connectivity index (χ3n) is 5.52. The predicted octanol–water partition coefficient (Wildman–Crippen LogP) is 3.66. The summed E-state index contributed by atoms with van der Waals surface area (Å²) in [7, 11) is 0. The molecule has 27 heavy (non-hydrogen) atoms. The fraction of sp³-hybridized carbons (Fsp3) is 0.545. The molecule has 1 saturated heterocycles. The number of rotatable bonds is 8. The second-order valence-corrected chi connectivity index (χ2v) is 7.43. The molecule has 0 amide bonds. The van der Waals surface area contributed by atoms with Crippen LogP contribution in [0.1, 0.15) is 55.8 Å². The minimum absolute atomic E-state index is 0.110. The highest BCUT2D eigenvalue weighted by atomic mass is 16.6. The van der Waals surface area contributed by atoms with E-state index >= 15 is 0 Å². The maximum atomic E-state index is 12.5. The number of fused-ring (bicyclic) bond motifs is 1. The lowest BCUT2D eigenvalue weighted by molar-refractivity contribution is -0.141. The summed E-state index contributed by atoms with van der Waals surface area (Å²) in [5.41, 5.74) is 0.481. The van der Waals surface area contributed by atoms with Gasteiger partial charge in [-0.1, -0.05) is 50.1 Å². The standard InChI is InChI=1S/C22H28O5/c1-2-3-4-5-9-12-17(23)21-16-13-20(24)26-18(16)14-19(21)27-22(25)15-10-7-6-8-11-15/h6-12,16-19,21,23H,2-5,13-14H2,1H3/b12-9-/t16-,17-,18-,19+,21-/m0/s1. The summed E-state index contributed by atoms with van der Waals surface area (Å²) in [6.07, 6.45) is 7.31. The van der Waals surface area contributed by atoms with Crippen LogP contribution in [0.5, 0.6) is 0 Å². The van der Waals surface area contributed by atoms with Gasteiger partial charge in [-0.05, 0) is 25.0 Å². The van der Waals surface area contributed by atoms with Gasteiger partial charge >= 0.3 is 11.9 Å². The van der Waals surface area contributed by atoms with Gasteiger partial charge in [0, 0.05) is 18.3 Å². The normalized spacial score (nSPS) is 28.1. The van der Waals surface area contributed by atoms with E-state index in [9.17, 15) is 14.7 Å². The van der Waals surface area contributed by atoms with Gasteiger partial charge in [0.1, 0.15) is 12.2 Å². The Morgan fingerprint density at radius 3 is 2.85 bits per heavy atom. The number of carbonyl (C=O) groups is 2. The number of aliphatic hydroxyl groups is 1. The molecular weight excluding hydrogens is 344 g/mol. The van der Waals surface area contributed by atoms with E-state index in [1.54, 1.807) is 30.3 Å². The number of esters is 2. The molecule has 1 aromatic carbocycles. The van der Waals surface area contributed by atoms with Gasteiger partial charge in [-0.25, -0.2) is 4.79 Å². The highest BCUT2D eigenvalue weighted by molar-refractivity contribution is 5.89. The van der Waals surface area contributed by atoms with Crippen LogP contribution >= 0.6 is 0 Å². The molecule has 2 aliphatic rings. The monoisotopic (exact) mass is 372 g/mol. The van der Waals surface area contributed by atoms with Crippen LogP contribution in [0.25, 0.3) is 0 Å². The zero-order valence-corrected chi connectivity index (χ0v) is 15.8. The van der Waals surface area contributed by atoms with E-state index in [0.717, 1.165) is 25.7 Å². The Kier molecular flexibility index (Phi) is 6.67. The van der Waals surface area contributed by atoms with Gasteiger partial charge in [0.05, 0.1) is 18.1 Å². The molecule has 5 atom stereocenters. The summed E-state index contributed by atoms with van der Waals surface area (Å²) < 4.78 is 11.1. The maximum absolute atomic E-state index is 12.5. The molecular formula is C22H28O5. The molecule has 2 fully saturated rings. The summed E-state index contributed by atoms with van der Waals surface area (Å²) in [5, 5.41) is 10.7. The van der Waals surface area contributed by atoms with Crippen molar-refractivity contribution in [2.24, 2.45) is 11.8 Å². The van der Waals surface area contributed by atoms with Crippen LogP contribution < -0.4 is 0 Å². The molecule has 1 heterocycles. The topological polar surface area (TPSA) is 72.8 Å². The predicted molar refractivity (Wildman–Crippen MR) is 101 cm³/mol. The summed E-state index contributed by atoms with van der Waals surface area (Å²) in [4.78, 5) is 24.1. The molecule has 1 aromatic rings. The van der Waals surface area contributed by atoms with Crippen molar-refractivity contribution in [2.75, 3.05) is 0 Å². The van der Waals surface area contributed by atoms with Crippen molar-refractivity contribution < 1.29 is 24.2 Å². The smallest absolute Gasteiger partial charge is 0.338 e. The Labute approximate surface area is 160 Å². The van der Waals surface area contributed by atoms with E-state index < -0.39 is 18.2 Å². The van der Waals surface area contributed by atoms with Gasteiger partial charge in [0.15, 0.2) is 0 Å². The molecule has 0 unspecified atom stereocenters. The molecule has 1 aliphatic heterocycles. The van der Waals surface area contributed by atoms with Crippen molar-refractivity contribution in [3.05, 3.63) is 48.0 Å². The van der Waals surface area contributed by atoms with Gasteiger partial charge in [0.25, 0.3) is 0 Å². The van der Waals surface area contributed by atoms with Crippen molar-refractivity contribution in [2.45, 2.75) is 63.8 Å². The number of aliphatic hydroxyl groups excluding tert-OH is 1. The number of hydrogen-bond donors (Lipinski definition) is 1. The Balaban J connectivity index is 1.68. The van der Waals surface area contributed by atoms with Gasteiger partial charge in [-0.15, -0.1) is 0 Å². The minimum atomic E-state index is -0.760. The van der Waals surface area contributed by atoms with E-state index in [2.05, 4.69) is 6.92 Å². The van der Waals surface area contributed by atoms with E-state index in [4.69, 9.17) is 9.47 Å². The molecule has 5 nitrogen and oxygen atoms in total. The van der Waals surface area contributed by atoms with E-state index in [1.807, 2.05) is 12.1 Å². The fourth-order valence-corrected chi connectivity index (χ4v) is 4.15. The first-order valence-electron chi connectivity index (χ1n) is 9.90. The van der Waals surface area contributed by atoms with Gasteiger partial charge in [0.2, 0.25) is 0 Å². The van der Waals surface area contributed by atoms with E-state index in [0.29, 0.717) is 12.0 Å². The van der Waals surface area contributed by atoms with Crippen molar-refractivity contribution in [3.8, 4) is 0 Å². The number of allylic oxidation sites excluding steroid dienone is 1. The van der Waals surface area contributed by atoms with Crippen molar-refractivity contribution in [1.82, 2.24) is 0 Å². The fourth-order valence-electron chi connectivity index (χ4n) is 4.15. The Morgan fingerprint density at radius 2 is 2.11 bits per heavy atom. The first-order valence-corrected chi connectivity index (χ1v) is 9.90. The van der Waals surface area contributed by atoms with Crippen molar-refractivity contribution in [3.63, 3.8) is 0 Å². The zero-order valence-electron chi connectivity index (χ0n) is 15.8. The maximum Gasteiger partial charge on any atom is 0.338 e. The minimum Gasteiger partial charge on any atom is -0.462 e. The number of benzene rings is 1. The lowest BCUT2D eigenvalue weighted by Gasteiger charge is -2.26. The van der Waals surface area contributed by atoms with Crippen LogP contribution in [0.4, 0.5) is 0 Å².